The molecule has 0 N–H and O–H groups in total. The number of aryl methyl sites for hydroxylation is 2. The molecule has 0 atom stereocenters. The van der Waals surface area contributed by atoms with Gasteiger partial charge in [-0.25, -0.2) is 14.8 Å². The van der Waals surface area contributed by atoms with Gasteiger partial charge in [0.2, 0.25) is 0 Å². The summed E-state index contributed by atoms with van der Waals surface area (Å²) < 4.78 is 3.37. The Balaban J connectivity index is 1.28. The average molecular weight is 595 g/mol. The second-order valence-electron chi connectivity index (χ2n) is 11.6. The van der Waals surface area contributed by atoms with Gasteiger partial charge in [0.15, 0.2) is 5.82 Å². The summed E-state index contributed by atoms with van der Waals surface area (Å²) in [6.45, 7) is 0. The molecule has 5 heteroatoms. The molecule has 0 aliphatic heterocycles. The Hall–Kier alpha value is -6.07. The van der Waals surface area contributed by atoms with Crippen molar-refractivity contribution in [1.29, 1.82) is 0 Å². The summed E-state index contributed by atoms with van der Waals surface area (Å²) in [5, 5.41) is 2.42. The Bertz CT molecular complexity index is 2470. The fourth-order valence-electron chi connectivity index (χ4n) is 6.31. The largest absolute Gasteiger partial charge is 0.328 e. The summed E-state index contributed by atoms with van der Waals surface area (Å²) in [7, 11) is 3.62. The Labute approximate surface area is 266 Å². The fraction of sp³-hybridized carbons (Fsp3) is 0.0488. The molecule has 0 saturated heterocycles. The minimum absolute atomic E-state index is 0.0353. The Morgan fingerprint density at radius 1 is 0.435 bits per heavy atom. The van der Waals surface area contributed by atoms with E-state index in [1.54, 1.807) is 16.2 Å². The first-order valence-corrected chi connectivity index (χ1v) is 15.3. The van der Waals surface area contributed by atoms with E-state index < -0.39 is 0 Å². The van der Waals surface area contributed by atoms with E-state index in [1.807, 2.05) is 43.4 Å². The van der Waals surface area contributed by atoms with Crippen LogP contribution < -0.4 is 5.69 Å². The monoisotopic (exact) mass is 594 g/mol. The third kappa shape index (κ3) is 4.79. The number of aromatic nitrogens is 4. The van der Waals surface area contributed by atoms with Crippen LogP contribution in [0.1, 0.15) is 0 Å². The second-order valence-corrected chi connectivity index (χ2v) is 11.6. The minimum Gasteiger partial charge on any atom is -0.295 e. The topological polar surface area (TPSA) is 52.7 Å². The van der Waals surface area contributed by atoms with Gasteiger partial charge in [0.05, 0.1) is 22.4 Å². The van der Waals surface area contributed by atoms with Gasteiger partial charge in [0.1, 0.15) is 0 Å². The molecule has 0 spiro atoms. The van der Waals surface area contributed by atoms with Crippen LogP contribution in [0.3, 0.4) is 0 Å². The van der Waals surface area contributed by atoms with Crippen molar-refractivity contribution >= 4 is 21.8 Å². The van der Waals surface area contributed by atoms with E-state index in [9.17, 15) is 4.79 Å². The number of benzene rings is 6. The van der Waals surface area contributed by atoms with Crippen molar-refractivity contribution in [1.82, 2.24) is 19.1 Å². The number of fused-ring (bicyclic) bond motifs is 2. The maximum atomic E-state index is 12.6. The maximum absolute atomic E-state index is 12.6. The summed E-state index contributed by atoms with van der Waals surface area (Å²) in [5.41, 5.74) is 10.8. The molecular weight excluding hydrogens is 564 g/mol. The second kappa shape index (κ2) is 11.1. The lowest BCUT2D eigenvalue weighted by Gasteiger charge is -2.14. The normalized spacial score (nSPS) is 11.3. The highest BCUT2D eigenvalue weighted by molar-refractivity contribution is 5.91. The third-order valence-corrected chi connectivity index (χ3v) is 8.79. The van der Waals surface area contributed by atoms with Gasteiger partial charge in [0.25, 0.3) is 0 Å². The summed E-state index contributed by atoms with van der Waals surface area (Å²) in [6, 6.07) is 50.3. The zero-order valence-corrected chi connectivity index (χ0v) is 25.6. The van der Waals surface area contributed by atoms with Gasteiger partial charge in [-0.05, 0) is 63.4 Å². The van der Waals surface area contributed by atoms with Gasteiger partial charge in [-0.3, -0.25) is 9.13 Å². The molecule has 0 bridgehead atoms. The van der Waals surface area contributed by atoms with E-state index in [0.29, 0.717) is 5.82 Å². The number of imidazole rings is 1. The van der Waals surface area contributed by atoms with Crippen molar-refractivity contribution in [3.63, 3.8) is 0 Å². The summed E-state index contributed by atoms with van der Waals surface area (Å²) in [4.78, 5) is 22.8. The molecule has 8 aromatic rings. The minimum atomic E-state index is -0.0353. The van der Waals surface area contributed by atoms with Crippen LogP contribution in [0, 0.1) is 0 Å². The summed E-state index contributed by atoms with van der Waals surface area (Å²) >= 11 is 0. The summed E-state index contributed by atoms with van der Waals surface area (Å²) in [6.07, 6.45) is 0. The van der Waals surface area contributed by atoms with Crippen LogP contribution in [-0.2, 0) is 14.1 Å². The molecule has 0 fully saturated rings. The van der Waals surface area contributed by atoms with Crippen LogP contribution in [-0.4, -0.2) is 19.1 Å². The van der Waals surface area contributed by atoms with Crippen LogP contribution >= 0.6 is 0 Å². The molecule has 8 rings (SSSR count). The van der Waals surface area contributed by atoms with Gasteiger partial charge in [0, 0.05) is 30.8 Å². The average Bonchev–Trinajstić information content (AvgIpc) is 3.34. The lowest BCUT2D eigenvalue weighted by atomic mass is 9.94. The van der Waals surface area contributed by atoms with Crippen LogP contribution in [0.25, 0.3) is 78.0 Å². The number of nitrogens with zero attached hydrogens (tertiary/aromatic N) is 4. The van der Waals surface area contributed by atoms with Crippen molar-refractivity contribution in [3.8, 4) is 56.2 Å². The Morgan fingerprint density at radius 3 is 1.91 bits per heavy atom. The number of rotatable bonds is 5. The predicted octanol–water partition coefficient (Wildman–Crippen LogP) is 9.16. The fourth-order valence-corrected chi connectivity index (χ4v) is 6.31. The van der Waals surface area contributed by atoms with Gasteiger partial charge in [-0.1, -0.05) is 115 Å². The molecular formula is C41H30N4O. The molecule has 2 aromatic heterocycles. The van der Waals surface area contributed by atoms with E-state index in [-0.39, 0.29) is 5.69 Å². The van der Waals surface area contributed by atoms with Crippen molar-refractivity contribution in [2.24, 2.45) is 14.1 Å². The lowest BCUT2D eigenvalue weighted by molar-refractivity contribution is 0.795. The zero-order valence-electron chi connectivity index (χ0n) is 25.6. The molecule has 220 valence electrons. The predicted molar refractivity (Wildman–Crippen MR) is 188 cm³/mol. The van der Waals surface area contributed by atoms with Crippen LogP contribution in [0.15, 0.2) is 150 Å². The quantitative estimate of drug-likeness (QED) is 0.200. The molecule has 2 heterocycles. The standard InChI is InChI=1S/C41H30N4O/c1-44-38-22-21-31(25-39(38)45(2)41(44)46)30-15-10-16-33(24-30)36-26-37(43-40(42-36)28-12-4-3-5-13-28)35-18-9-8-17-34(35)32-20-19-27-11-6-7-14-29(27)23-32/h3-26H,1-2H3. The van der Waals surface area contributed by atoms with E-state index >= 15 is 0 Å². The molecule has 5 nitrogen and oxygen atoms in total. The molecule has 6 aromatic carbocycles. The Morgan fingerprint density at radius 2 is 1.07 bits per heavy atom. The molecule has 0 radical (unpaired) electrons. The highest BCUT2D eigenvalue weighted by Gasteiger charge is 2.15. The first-order chi connectivity index (χ1) is 22.5. The van der Waals surface area contributed by atoms with Crippen molar-refractivity contribution in [2.75, 3.05) is 0 Å². The third-order valence-electron chi connectivity index (χ3n) is 8.79. The van der Waals surface area contributed by atoms with Crippen LogP contribution in [0.4, 0.5) is 0 Å². The SMILES string of the molecule is Cn1c(=O)n(C)c2cc(-c3cccc(-c4cc(-c5ccccc5-c5ccc6ccccc6c5)nc(-c5ccccc5)n4)c3)ccc21. The summed E-state index contributed by atoms with van der Waals surface area (Å²) in [5.74, 6) is 0.674. The molecule has 0 aliphatic carbocycles. The highest BCUT2D eigenvalue weighted by atomic mass is 16.1. The van der Waals surface area contributed by atoms with Gasteiger partial charge >= 0.3 is 5.69 Å². The van der Waals surface area contributed by atoms with E-state index in [2.05, 4.69) is 109 Å². The van der Waals surface area contributed by atoms with Crippen molar-refractivity contribution in [3.05, 3.63) is 156 Å². The molecule has 0 aliphatic rings. The molecule has 0 saturated carbocycles. The number of hydrogen-bond donors (Lipinski definition) is 0. The van der Waals surface area contributed by atoms with Gasteiger partial charge in [-0.15, -0.1) is 0 Å². The van der Waals surface area contributed by atoms with E-state index in [4.69, 9.17) is 9.97 Å². The first kappa shape index (κ1) is 27.5. The van der Waals surface area contributed by atoms with Crippen LogP contribution in [0.5, 0.6) is 0 Å². The van der Waals surface area contributed by atoms with Crippen molar-refractivity contribution < 1.29 is 0 Å². The van der Waals surface area contributed by atoms with Crippen LogP contribution in [0.2, 0.25) is 0 Å². The molecule has 46 heavy (non-hydrogen) atoms. The van der Waals surface area contributed by atoms with Gasteiger partial charge < -0.3 is 0 Å². The number of hydrogen-bond acceptors (Lipinski definition) is 3. The lowest BCUT2D eigenvalue weighted by Crippen LogP contribution is -2.19. The molecule has 0 amide bonds. The van der Waals surface area contributed by atoms with E-state index in [1.165, 1.54) is 10.8 Å². The maximum Gasteiger partial charge on any atom is 0.328 e. The Kier molecular flexibility index (Phi) is 6.65. The van der Waals surface area contributed by atoms with Gasteiger partial charge in [-0.2, -0.15) is 0 Å². The van der Waals surface area contributed by atoms with Crippen molar-refractivity contribution in [2.45, 2.75) is 0 Å². The molecule has 0 unspecified atom stereocenters. The first-order valence-electron chi connectivity index (χ1n) is 15.3. The smallest absolute Gasteiger partial charge is 0.295 e. The van der Waals surface area contributed by atoms with E-state index in [0.717, 1.165) is 61.4 Å². The highest BCUT2D eigenvalue weighted by Crippen LogP contribution is 2.36. The zero-order chi connectivity index (χ0) is 31.2.